The average molecular weight is 518 g/mol. The van der Waals surface area contributed by atoms with Crippen molar-refractivity contribution in [2.75, 3.05) is 26.7 Å². The maximum absolute atomic E-state index is 13.2. The number of piperidine rings is 1. The number of aromatic nitrogens is 1. The van der Waals surface area contributed by atoms with Gasteiger partial charge in [-0.25, -0.2) is 0 Å². The van der Waals surface area contributed by atoms with E-state index in [-0.39, 0.29) is 22.6 Å². The highest BCUT2D eigenvalue weighted by molar-refractivity contribution is 6.01. The fraction of sp³-hybridized carbons (Fsp3) is 0.571. The number of likely N-dealkylation sites (tertiary alicyclic amines) is 1. The van der Waals surface area contributed by atoms with Gasteiger partial charge in [0.1, 0.15) is 0 Å². The minimum absolute atomic E-state index is 0.127. The quantitative estimate of drug-likeness (QED) is 0.553. The van der Waals surface area contributed by atoms with E-state index in [1.54, 1.807) is 12.1 Å². The zero-order valence-electron chi connectivity index (χ0n) is 21.4. The van der Waals surface area contributed by atoms with E-state index < -0.39 is 25.1 Å². The van der Waals surface area contributed by atoms with Gasteiger partial charge in [0.2, 0.25) is 0 Å². The molecule has 1 N–H and O–H groups in total. The number of halogens is 3. The molecule has 1 unspecified atom stereocenters. The molecule has 1 atom stereocenters. The van der Waals surface area contributed by atoms with E-state index in [1.165, 1.54) is 12.1 Å². The number of Topliss-reactive ketones (excluding diaryl/α,β-unsaturated/α-hetero) is 1. The molecule has 2 aromatic rings. The first-order valence-corrected chi connectivity index (χ1v) is 13.0. The summed E-state index contributed by atoms with van der Waals surface area (Å²) in [5.41, 5.74) is 2.33. The number of aliphatic hydroxyl groups excluding tert-OH is 1. The largest absolute Gasteiger partial charge is 0.389 e. The lowest BCUT2D eigenvalue weighted by Crippen LogP contribution is -2.56. The van der Waals surface area contributed by atoms with Gasteiger partial charge >= 0.3 is 6.18 Å². The van der Waals surface area contributed by atoms with E-state index in [9.17, 15) is 27.9 Å². The minimum atomic E-state index is -4.32. The number of ketones is 1. The van der Waals surface area contributed by atoms with Gasteiger partial charge in [-0.05, 0) is 69.0 Å². The normalized spacial score (nSPS) is 21.5. The molecule has 200 valence electrons. The molecule has 0 bridgehead atoms. The summed E-state index contributed by atoms with van der Waals surface area (Å²) in [7, 11) is 2.11. The van der Waals surface area contributed by atoms with Crippen LogP contribution >= 0.6 is 0 Å². The molecule has 9 heteroatoms. The summed E-state index contributed by atoms with van der Waals surface area (Å²) in [6.45, 7) is 4.78. The zero-order chi connectivity index (χ0) is 26.6. The maximum atomic E-state index is 13.2. The van der Waals surface area contributed by atoms with E-state index in [0.717, 1.165) is 50.2 Å². The molecule has 1 aromatic heterocycles. The van der Waals surface area contributed by atoms with E-state index in [4.69, 9.17) is 0 Å². The van der Waals surface area contributed by atoms with Crippen molar-refractivity contribution in [1.29, 1.82) is 0 Å². The van der Waals surface area contributed by atoms with Crippen molar-refractivity contribution in [1.82, 2.24) is 14.4 Å². The summed E-state index contributed by atoms with van der Waals surface area (Å²) in [5, 5.41) is 10.1. The molecule has 1 aromatic carbocycles. The van der Waals surface area contributed by atoms with Gasteiger partial charge in [0.15, 0.2) is 5.78 Å². The molecule has 1 aliphatic carbocycles. The average Bonchev–Trinajstić information content (AvgIpc) is 3.48. The van der Waals surface area contributed by atoms with Gasteiger partial charge in [-0.1, -0.05) is 19.1 Å². The Hall–Kier alpha value is -2.65. The van der Waals surface area contributed by atoms with Crippen molar-refractivity contribution in [2.24, 2.45) is 5.41 Å². The number of carbonyl (C=O) groups excluding carboxylic acids is 2. The van der Waals surface area contributed by atoms with Gasteiger partial charge < -0.3 is 14.6 Å². The first-order chi connectivity index (χ1) is 17.4. The van der Waals surface area contributed by atoms with Crippen molar-refractivity contribution < 1.29 is 27.9 Å². The SMILES string of the molecule is CN1CCn2c(C(=O)C3(C)CC3)ccc2C12CCN(C(=O)c1ccc(C(O)CCC(F)(F)F)cc1)CC2. The number of amides is 1. The second-order valence-electron chi connectivity index (χ2n) is 11.2. The predicted molar refractivity (Wildman–Crippen MR) is 132 cm³/mol. The molecule has 0 radical (unpaired) electrons. The second kappa shape index (κ2) is 9.27. The Bertz CT molecular complexity index is 1180. The number of fused-ring (bicyclic) bond motifs is 2. The van der Waals surface area contributed by atoms with Crippen LogP contribution in [0, 0.1) is 5.41 Å². The molecule has 3 heterocycles. The first-order valence-electron chi connectivity index (χ1n) is 13.0. The number of alkyl halides is 3. The molecule has 2 aliphatic heterocycles. The van der Waals surface area contributed by atoms with Crippen molar-refractivity contribution >= 4 is 11.7 Å². The molecule has 1 spiro atoms. The van der Waals surface area contributed by atoms with Crippen molar-refractivity contribution in [3.8, 4) is 0 Å². The third-order valence-electron chi connectivity index (χ3n) is 8.75. The fourth-order valence-electron chi connectivity index (χ4n) is 5.91. The van der Waals surface area contributed by atoms with E-state index in [1.807, 2.05) is 17.9 Å². The van der Waals surface area contributed by atoms with Crippen molar-refractivity contribution in [2.45, 2.75) is 69.8 Å². The number of benzene rings is 1. The van der Waals surface area contributed by atoms with Gasteiger partial charge in [-0.2, -0.15) is 13.2 Å². The highest BCUT2D eigenvalue weighted by Crippen LogP contribution is 2.49. The van der Waals surface area contributed by atoms with Crippen LogP contribution in [0.3, 0.4) is 0 Å². The smallest absolute Gasteiger partial charge is 0.388 e. The lowest BCUT2D eigenvalue weighted by molar-refractivity contribution is -0.140. The van der Waals surface area contributed by atoms with Gasteiger partial charge in [0.25, 0.3) is 5.91 Å². The van der Waals surface area contributed by atoms with Gasteiger partial charge in [0.05, 0.1) is 17.3 Å². The van der Waals surface area contributed by atoms with Crippen molar-refractivity contribution in [3.63, 3.8) is 0 Å². The Kier molecular flexibility index (Phi) is 6.51. The summed E-state index contributed by atoms with van der Waals surface area (Å²) in [6, 6.07) is 10.3. The first kappa shape index (κ1) is 26.0. The summed E-state index contributed by atoms with van der Waals surface area (Å²) < 4.78 is 39.6. The zero-order valence-corrected chi connectivity index (χ0v) is 21.4. The van der Waals surface area contributed by atoms with Crippen LogP contribution in [0.5, 0.6) is 0 Å². The number of rotatable bonds is 6. The van der Waals surface area contributed by atoms with E-state index >= 15 is 0 Å². The van der Waals surface area contributed by atoms with Crippen LogP contribution in [0.1, 0.15) is 83.7 Å². The third kappa shape index (κ3) is 4.83. The molecule has 37 heavy (non-hydrogen) atoms. The Balaban J connectivity index is 1.26. The molecule has 1 amide bonds. The number of carbonyl (C=O) groups is 2. The number of hydrogen-bond donors (Lipinski definition) is 1. The Morgan fingerprint density at radius 2 is 1.62 bits per heavy atom. The minimum Gasteiger partial charge on any atom is -0.388 e. The number of nitrogens with zero attached hydrogens (tertiary/aromatic N) is 3. The van der Waals surface area contributed by atoms with Crippen LogP contribution in [0.2, 0.25) is 0 Å². The Morgan fingerprint density at radius 3 is 2.22 bits per heavy atom. The number of likely N-dealkylation sites (N-methyl/N-ethyl adjacent to an activating group) is 1. The van der Waals surface area contributed by atoms with Crippen molar-refractivity contribution in [3.05, 3.63) is 58.9 Å². The van der Waals surface area contributed by atoms with E-state index in [2.05, 4.69) is 22.6 Å². The molecule has 2 fully saturated rings. The summed E-state index contributed by atoms with van der Waals surface area (Å²) in [5.74, 6) is 0.107. The predicted octanol–water partition coefficient (Wildman–Crippen LogP) is 4.92. The van der Waals surface area contributed by atoms with Gasteiger partial charge in [-0.3, -0.25) is 14.5 Å². The Labute approximate surface area is 215 Å². The molecule has 1 saturated heterocycles. The van der Waals surface area contributed by atoms with Crippen LogP contribution in [0.15, 0.2) is 36.4 Å². The molecular formula is C28H34F3N3O3. The number of hydrogen-bond acceptors (Lipinski definition) is 4. The maximum Gasteiger partial charge on any atom is 0.389 e. The van der Waals surface area contributed by atoms with Gasteiger partial charge in [0, 0.05) is 49.3 Å². The Morgan fingerprint density at radius 1 is 0.973 bits per heavy atom. The third-order valence-corrected chi connectivity index (χ3v) is 8.75. The highest BCUT2D eigenvalue weighted by atomic mass is 19.4. The van der Waals surface area contributed by atoms with Gasteiger partial charge in [-0.15, -0.1) is 0 Å². The lowest BCUT2D eigenvalue weighted by atomic mass is 9.81. The van der Waals surface area contributed by atoms with E-state index in [0.29, 0.717) is 24.2 Å². The molecule has 6 nitrogen and oxygen atoms in total. The number of aliphatic hydroxyl groups is 1. The van der Waals surface area contributed by atoms with Crippen LogP contribution in [0.4, 0.5) is 13.2 Å². The topological polar surface area (TPSA) is 65.8 Å². The second-order valence-corrected chi connectivity index (χ2v) is 11.2. The summed E-state index contributed by atoms with van der Waals surface area (Å²) in [6.07, 6.45) is -3.62. The van der Waals surface area contributed by atoms with Crippen LogP contribution in [-0.2, 0) is 12.1 Å². The molecular weight excluding hydrogens is 483 g/mol. The molecule has 5 rings (SSSR count). The fourth-order valence-corrected chi connectivity index (χ4v) is 5.91. The summed E-state index contributed by atoms with van der Waals surface area (Å²) >= 11 is 0. The van der Waals surface area contributed by atoms with Crippen LogP contribution in [-0.4, -0.2) is 64.0 Å². The standard InChI is InChI=1S/C28H34F3N3O3/c1-26(11-12-26)24(36)21-7-8-23-27(32(2)17-18-34(21)23)13-15-33(16-14-27)25(37)20-5-3-19(4-6-20)22(35)9-10-28(29,30)31/h3-8,22,35H,9-18H2,1-2H3. The lowest BCUT2D eigenvalue weighted by Gasteiger charge is -2.50. The molecule has 1 saturated carbocycles. The monoisotopic (exact) mass is 517 g/mol. The van der Waals surface area contributed by atoms with Crippen LogP contribution < -0.4 is 0 Å². The van der Waals surface area contributed by atoms with Crippen LogP contribution in [0.25, 0.3) is 0 Å². The highest BCUT2D eigenvalue weighted by Gasteiger charge is 2.49. The summed E-state index contributed by atoms with van der Waals surface area (Å²) in [4.78, 5) is 30.5. The molecule has 3 aliphatic rings.